The van der Waals surface area contributed by atoms with Crippen molar-refractivity contribution in [2.45, 2.75) is 12.5 Å². The zero-order valence-electron chi connectivity index (χ0n) is 13.3. The number of hydrogen-bond acceptors (Lipinski definition) is 4. The summed E-state index contributed by atoms with van der Waals surface area (Å²) in [5.41, 5.74) is 7.80. The Morgan fingerprint density at radius 2 is 1.96 bits per heavy atom. The van der Waals surface area contributed by atoms with Gasteiger partial charge in [0.1, 0.15) is 12.4 Å². The average Bonchev–Trinajstić information content (AvgIpc) is 2.82. The molecule has 0 fully saturated rings. The highest BCUT2D eigenvalue weighted by Crippen LogP contribution is 2.32. The molecule has 1 aliphatic heterocycles. The molecule has 0 bridgehead atoms. The van der Waals surface area contributed by atoms with E-state index in [1.54, 1.807) is 4.90 Å². The summed E-state index contributed by atoms with van der Waals surface area (Å²) < 4.78 is 5.67. The van der Waals surface area contributed by atoms with Crippen LogP contribution in [0.5, 0.6) is 5.75 Å². The van der Waals surface area contributed by atoms with Gasteiger partial charge in [-0.15, -0.1) is 0 Å². The summed E-state index contributed by atoms with van der Waals surface area (Å²) in [4.78, 5) is 14.5. The molecular formula is C19H19N3O2. The summed E-state index contributed by atoms with van der Waals surface area (Å²) in [7, 11) is 0. The van der Waals surface area contributed by atoms with Crippen molar-refractivity contribution in [2.24, 2.45) is 11.7 Å². The minimum Gasteiger partial charge on any atom is -0.490 e. The van der Waals surface area contributed by atoms with Crippen LogP contribution in [0.4, 0.5) is 5.69 Å². The van der Waals surface area contributed by atoms with Crippen molar-refractivity contribution in [1.82, 2.24) is 0 Å². The molecule has 0 saturated carbocycles. The molecule has 1 amide bonds. The fraction of sp³-hybridized carbons (Fsp3) is 0.263. The van der Waals surface area contributed by atoms with E-state index >= 15 is 0 Å². The van der Waals surface area contributed by atoms with Gasteiger partial charge in [0.15, 0.2) is 0 Å². The van der Waals surface area contributed by atoms with Crippen LogP contribution >= 0.6 is 0 Å². The van der Waals surface area contributed by atoms with Gasteiger partial charge < -0.3 is 15.4 Å². The van der Waals surface area contributed by atoms with Crippen molar-refractivity contribution in [3.05, 3.63) is 60.2 Å². The first-order valence-corrected chi connectivity index (χ1v) is 7.91. The van der Waals surface area contributed by atoms with E-state index in [9.17, 15) is 10.1 Å². The second kappa shape index (κ2) is 7.16. The summed E-state index contributed by atoms with van der Waals surface area (Å²) in [5, 5.41) is 9.26. The Bertz CT molecular complexity index is 755. The monoisotopic (exact) mass is 321 g/mol. The van der Waals surface area contributed by atoms with Crippen LogP contribution in [0.1, 0.15) is 18.0 Å². The predicted octanol–water partition coefficient (Wildman–Crippen LogP) is 2.64. The summed E-state index contributed by atoms with van der Waals surface area (Å²) in [6, 6.07) is 18.7. The fourth-order valence-electron chi connectivity index (χ4n) is 2.79. The molecule has 0 aromatic heterocycles. The van der Waals surface area contributed by atoms with E-state index in [0.29, 0.717) is 18.0 Å². The van der Waals surface area contributed by atoms with Crippen molar-refractivity contribution in [3.8, 4) is 11.8 Å². The summed E-state index contributed by atoms with van der Waals surface area (Å²) in [5.74, 6) is 0.149. The summed E-state index contributed by atoms with van der Waals surface area (Å²) in [6.45, 7) is 0.593. The number of rotatable bonds is 3. The Kier molecular flexibility index (Phi) is 4.78. The predicted molar refractivity (Wildman–Crippen MR) is 91.4 cm³/mol. The fourth-order valence-corrected chi connectivity index (χ4v) is 2.79. The lowest BCUT2D eigenvalue weighted by atomic mass is 10.0. The van der Waals surface area contributed by atoms with Crippen LogP contribution in [0.25, 0.3) is 0 Å². The molecule has 122 valence electrons. The molecule has 2 aromatic rings. The first kappa shape index (κ1) is 16.0. The van der Waals surface area contributed by atoms with E-state index in [2.05, 4.69) is 6.07 Å². The Labute approximate surface area is 141 Å². The molecule has 1 aliphatic rings. The number of nitrogens with two attached hydrogens (primary N) is 1. The van der Waals surface area contributed by atoms with Gasteiger partial charge in [0.05, 0.1) is 17.7 Å². The van der Waals surface area contributed by atoms with Crippen LogP contribution in [0.2, 0.25) is 0 Å². The highest BCUT2D eigenvalue weighted by Gasteiger charge is 2.28. The maximum atomic E-state index is 12.8. The first-order valence-electron chi connectivity index (χ1n) is 7.91. The lowest BCUT2D eigenvalue weighted by Gasteiger charge is -2.24. The SMILES string of the molecule is N#CC1COc2ccccc2N(C(=O)CC(N)c2ccccc2)C1. The van der Waals surface area contributed by atoms with E-state index in [1.807, 2.05) is 54.6 Å². The zero-order chi connectivity index (χ0) is 16.9. The molecule has 3 rings (SSSR count). The van der Waals surface area contributed by atoms with Crippen molar-refractivity contribution in [1.29, 1.82) is 5.26 Å². The number of fused-ring (bicyclic) bond motifs is 1. The number of anilines is 1. The van der Waals surface area contributed by atoms with Gasteiger partial charge in [-0.1, -0.05) is 42.5 Å². The number of amides is 1. The second-order valence-electron chi connectivity index (χ2n) is 5.83. The number of nitriles is 1. The third-order valence-corrected chi connectivity index (χ3v) is 4.10. The van der Waals surface area contributed by atoms with E-state index < -0.39 is 0 Å². The third kappa shape index (κ3) is 3.39. The second-order valence-corrected chi connectivity index (χ2v) is 5.83. The van der Waals surface area contributed by atoms with Gasteiger partial charge in [-0.25, -0.2) is 0 Å². The van der Waals surface area contributed by atoms with Gasteiger partial charge in [0.2, 0.25) is 5.91 Å². The Hall–Kier alpha value is -2.84. The van der Waals surface area contributed by atoms with Crippen LogP contribution in [-0.2, 0) is 4.79 Å². The molecule has 5 heteroatoms. The Morgan fingerprint density at radius 1 is 1.25 bits per heavy atom. The van der Waals surface area contributed by atoms with Gasteiger partial charge in [-0.05, 0) is 17.7 Å². The number of carbonyl (C=O) groups is 1. The van der Waals surface area contributed by atoms with Crippen LogP contribution in [0.3, 0.4) is 0 Å². The van der Waals surface area contributed by atoms with Gasteiger partial charge in [0.25, 0.3) is 0 Å². The zero-order valence-corrected chi connectivity index (χ0v) is 13.3. The number of carbonyl (C=O) groups excluding carboxylic acids is 1. The molecule has 2 atom stereocenters. The normalized spacial score (nSPS) is 17.8. The topological polar surface area (TPSA) is 79.3 Å². The molecule has 0 aliphatic carbocycles. The van der Waals surface area contributed by atoms with Crippen LogP contribution < -0.4 is 15.4 Å². The quantitative estimate of drug-likeness (QED) is 0.942. The molecule has 2 unspecified atom stereocenters. The van der Waals surface area contributed by atoms with E-state index in [-0.39, 0.29) is 30.9 Å². The van der Waals surface area contributed by atoms with Crippen molar-refractivity contribution >= 4 is 11.6 Å². The standard InChI is InChI=1S/C19H19N3O2/c20-11-14-12-22(17-8-4-5-9-18(17)24-13-14)19(23)10-16(21)15-6-2-1-3-7-15/h1-9,14,16H,10,12-13,21H2. The van der Waals surface area contributed by atoms with Crippen molar-refractivity contribution < 1.29 is 9.53 Å². The molecule has 0 spiro atoms. The smallest absolute Gasteiger partial charge is 0.229 e. The molecule has 0 radical (unpaired) electrons. The average molecular weight is 321 g/mol. The lowest BCUT2D eigenvalue weighted by molar-refractivity contribution is -0.119. The summed E-state index contributed by atoms with van der Waals surface area (Å²) >= 11 is 0. The van der Waals surface area contributed by atoms with Gasteiger partial charge in [-0.3, -0.25) is 4.79 Å². The van der Waals surface area contributed by atoms with E-state index in [0.717, 1.165) is 5.56 Å². The highest BCUT2D eigenvalue weighted by molar-refractivity contribution is 5.95. The maximum Gasteiger partial charge on any atom is 0.229 e. The molecule has 1 heterocycles. The number of ether oxygens (including phenoxy) is 1. The van der Waals surface area contributed by atoms with Crippen molar-refractivity contribution in [2.75, 3.05) is 18.1 Å². The minimum absolute atomic E-state index is 0.107. The van der Waals surface area contributed by atoms with E-state index in [1.165, 1.54) is 0 Å². The Balaban J connectivity index is 1.83. The molecule has 5 nitrogen and oxygen atoms in total. The molecule has 0 saturated heterocycles. The maximum absolute atomic E-state index is 12.8. The first-order chi connectivity index (χ1) is 11.7. The number of para-hydroxylation sites is 2. The number of nitrogens with zero attached hydrogens (tertiary/aromatic N) is 2. The molecule has 2 aromatic carbocycles. The summed E-state index contributed by atoms with van der Waals surface area (Å²) in [6.07, 6.45) is 0.177. The van der Waals surface area contributed by atoms with Gasteiger partial charge >= 0.3 is 0 Å². The van der Waals surface area contributed by atoms with E-state index in [4.69, 9.17) is 10.5 Å². The molecule has 24 heavy (non-hydrogen) atoms. The van der Waals surface area contributed by atoms with Crippen LogP contribution in [0.15, 0.2) is 54.6 Å². The Morgan fingerprint density at radius 3 is 2.71 bits per heavy atom. The number of benzene rings is 2. The number of hydrogen-bond donors (Lipinski definition) is 1. The largest absolute Gasteiger partial charge is 0.490 e. The third-order valence-electron chi connectivity index (χ3n) is 4.10. The van der Waals surface area contributed by atoms with Gasteiger partial charge in [0, 0.05) is 19.0 Å². The molecular weight excluding hydrogens is 302 g/mol. The van der Waals surface area contributed by atoms with Crippen LogP contribution in [-0.4, -0.2) is 19.1 Å². The minimum atomic E-state index is -0.379. The van der Waals surface area contributed by atoms with Crippen LogP contribution in [0, 0.1) is 17.2 Å². The van der Waals surface area contributed by atoms with Gasteiger partial charge in [-0.2, -0.15) is 5.26 Å². The van der Waals surface area contributed by atoms with Crippen molar-refractivity contribution in [3.63, 3.8) is 0 Å². The molecule has 2 N–H and O–H groups in total. The highest BCUT2D eigenvalue weighted by atomic mass is 16.5. The lowest BCUT2D eigenvalue weighted by Crippen LogP contribution is -2.36.